The van der Waals surface area contributed by atoms with E-state index < -0.39 is 0 Å². The van der Waals surface area contributed by atoms with E-state index in [1.165, 1.54) is 44.9 Å². The molecule has 2 aliphatic carbocycles. The topological polar surface area (TPSA) is 32.3 Å². The number of carbonyl (C=O) groups excluding carboxylic acids is 1. The molecule has 110 valence electrons. The summed E-state index contributed by atoms with van der Waals surface area (Å²) in [5, 5.41) is 3.30. The molecule has 2 saturated carbocycles. The summed E-state index contributed by atoms with van der Waals surface area (Å²) in [6.07, 6.45) is 9.24. The monoisotopic (exact) mass is 266 g/mol. The second-order valence-corrected chi connectivity index (χ2v) is 6.43. The lowest BCUT2D eigenvalue weighted by molar-refractivity contribution is -0.136. The maximum atomic E-state index is 12.6. The Bertz CT molecular complexity index is 282. The number of rotatable bonds is 7. The molecule has 2 fully saturated rings. The van der Waals surface area contributed by atoms with Crippen LogP contribution in [-0.2, 0) is 4.79 Å². The van der Waals surface area contributed by atoms with Gasteiger partial charge in [0.1, 0.15) is 0 Å². The number of nitrogens with zero attached hydrogens (tertiary/aromatic N) is 1. The van der Waals surface area contributed by atoms with Crippen LogP contribution >= 0.6 is 0 Å². The molecule has 19 heavy (non-hydrogen) atoms. The van der Waals surface area contributed by atoms with Gasteiger partial charge in [0, 0.05) is 25.0 Å². The van der Waals surface area contributed by atoms with E-state index in [2.05, 4.69) is 24.1 Å². The van der Waals surface area contributed by atoms with Gasteiger partial charge in [-0.25, -0.2) is 0 Å². The third kappa shape index (κ3) is 4.48. The van der Waals surface area contributed by atoms with Crippen molar-refractivity contribution in [3.8, 4) is 0 Å². The summed E-state index contributed by atoms with van der Waals surface area (Å²) in [5.74, 6) is 1.28. The van der Waals surface area contributed by atoms with Gasteiger partial charge in [-0.15, -0.1) is 0 Å². The van der Waals surface area contributed by atoms with Crippen LogP contribution in [0.3, 0.4) is 0 Å². The van der Waals surface area contributed by atoms with Crippen molar-refractivity contribution in [1.29, 1.82) is 0 Å². The predicted molar refractivity (Wildman–Crippen MR) is 79.0 cm³/mol. The lowest BCUT2D eigenvalue weighted by Crippen LogP contribution is -2.43. The largest absolute Gasteiger partial charge is 0.339 e. The highest BCUT2D eigenvalue weighted by Gasteiger charge is 2.35. The van der Waals surface area contributed by atoms with E-state index in [4.69, 9.17) is 0 Å². The Morgan fingerprint density at radius 1 is 1.21 bits per heavy atom. The molecule has 3 heteroatoms. The molecule has 0 saturated heterocycles. The second kappa shape index (κ2) is 7.28. The van der Waals surface area contributed by atoms with E-state index >= 15 is 0 Å². The lowest BCUT2D eigenvalue weighted by Gasteiger charge is -2.31. The summed E-state index contributed by atoms with van der Waals surface area (Å²) in [4.78, 5) is 14.8. The van der Waals surface area contributed by atoms with Gasteiger partial charge in [0.2, 0.25) is 5.91 Å². The van der Waals surface area contributed by atoms with E-state index in [0.717, 1.165) is 25.6 Å². The molecule has 3 nitrogen and oxygen atoms in total. The summed E-state index contributed by atoms with van der Waals surface area (Å²) in [5.41, 5.74) is 0. The zero-order valence-corrected chi connectivity index (χ0v) is 12.7. The van der Waals surface area contributed by atoms with Gasteiger partial charge in [0.05, 0.1) is 0 Å². The first kappa shape index (κ1) is 14.8. The molecular formula is C16H30N2O. The highest BCUT2D eigenvalue weighted by atomic mass is 16.2. The van der Waals surface area contributed by atoms with Crippen molar-refractivity contribution in [2.24, 2.45) is 11.8 Å². The molecule has 2 rings (SSSR count). The average molecular weight is 266 g/mol. The van der Waals surface area contributed by atoms with Crippen LogP contribution in [0.4, 0.5) is 0 Å². The second-order valence-electron chi connectivity index (χ2n) is 6.43. The quantitative estimate of drug-likeness (QED) is 0.768. The molecule has 1 amide bonds. The molecule has 1 unspecified atom stereocenters. The van der Waals surface area contributed by atoms with Gasteiger partial charge in [-0.1, -0.05) is 33.1 Å². The van der Waals surface area contributed by atoms with Crippen LogP contribution in [0.15, 0.2) is 0 Å². The molecule has 1 atom stereocenters. The molecule has 0 aromatic carbocycles. The molecule has 2 aliphatic rings. The SMILES string of the molecule is CCNCC(C)C(=O)N(CC1CCCCC1)C1CC1. The minimum atomic E-state index is 0.129. The summed E-state index contributed by atoms with van der Waals surface area (Å²) in [7, 11) is 0. The van der Waals surface area contributed by atoms with Gasteiger partial charge in [0.15, 0.2) is 0 Å². The van der Waals surface area contributed by atoms with Crippen LogP contribution in [0.5, 0.6) is 0 Å². The molecule has 0 aromatic rings. The summed E-state index contributed by atoms with van der Waals surface area (Å²) in [6, 6.07) is 0.568. The third-order valence-corrected chi connectivity index (χ3v) is 4.57. The van der Waals surface area contributed by atoms with E-state index in [1.807, 2.05) is 0 Å². The Kier molecular flexibility index (Phi) is 5.68. The van der Waals surface area contributed by atoms with Gasteiger partial charge in [-0.2, -0.15) is 0 Å². The fraction of sp³-hybridized carbons (Fsp3) is 0.938. The maximum Gasteiger partial charge on any atom is 0.226 e. The van der Waals surface area contributed by atoms with Gasteiger partial charge >= 0.3 is 0 Å². The zero-order chi connectivity index (χ0) is 13.7. The van der Waals surface area contributed by atoms with Crippen molar-refractivity contribution in [2.45, 2.75) is 64.8 Å². The van der Waals surface area contributed by atoms with E-state index in [0.29, 0.717) is 11.9 Å². The summed E-state index contributed by atoms with van der Waals surface area (Å²) >= 11 is 0. The van der Waals surface area contributed by atoms with Gasteiger partial charge < -0.3 is 10.2 Å². The highest BCUT2D eigenvalue weighted by molar-refractivity contribution is 5.79. The minimum Gasteiger partial charge on any atom is -0.339 e. The van der Waals surface area contributed by atoms with Crippen molar-refractivity contribution < 1.29 is 4.79 Å². The van der Waals surface area contributed by atoms with Crippen molar-refractivity contribution in [3.05, 3.63) is 0 Å². The summed E-state index contributed by atoms with van der Waals surface area (Å²) < 4.78 is 0. The van der Waals surface area contributed by atoms with Crippen LogP contribution in [0, 0.1) is 11.8 Å². The molecule has 0 bridgehead atoms. The Morgan fingerprint density at radius 3 is 2.47 bits per heavy atom. The number of carbonyl (C=O) groups is 1. The van der Waals surface area contributed by atoms with Crippen molar-refractivity contribution >= 4 is 5.91 Å². The van der Waals surface area contributed by atoms with Crippen molar-refractivity contribution in [1.82, 2.24) is 10.2 Å². The molecule has 0 radical (unpaired) electrons. The first-order valence-electron chi connectivity index (χ1n) is 8.23. The lowest BCUT2D eigenvalue weighted by atomic mass is 9.88. The van der Waals surface area contributed by atoms with Crippen LogP contribution in [-0.4, -0.2) is 36.5 Å². The normalized spacial score (nSPS) is 22.2. The van der Waals surface area contributed by atoms with Crippen LogP contribution in [0.1, 0.15) is 58.8 Å². The number of hydrogen-bond acceptors (Lipinski definition) is 2. The van der Waals surface area contributed by atoms with Crippen molar-refractivity contribution in [3.63, 3.8) is 0 Å². The Morgan fingerprint density at radius 2 is 1.89 bits per heavy atom. The van der Waals surface area contributed by atoms with E-state index in [-0.39, 0.29) is 5.92 Å². The predicted octanol–water partition coefficient (Wildman–Crippen LogP) is 2.80. The zero-order valence-electron chi connectivity index (χ0n) is 12.7. The summed E-state index contributed by atoms with van der Waals surface area (Å²) in [6.45, 7) is 6.96. The van der Waals surface area contributed by atoms with Crippen LogP contribution < -0.4 is 5.32 Å². The average Bonchev–Trinajstić information content (AvgIpc) is 3.27. The minimum absolute atomic E-state index is 0.129. The Labute approximate surface area is 118 Å². The Hall–Kier alpha value is -0.570. The Balaban J connectivity index is 1.85. The number of nitrogens with one attached hydrogen (secondary N) is 1. The first-order valence-corrected chi connectivity index (χ1v) is 8.23. The maximum absolute atomic E-state index is 12.6. The first-order chi connectivity index (χ1) is 9.22. The molecule has 0 aliphatic heterocycles. The number of amides is 1. The van der Waals surface area contributed by atoms with Gasteiger partial charge in [0.25, 0.3) is 0 Å². The van der Waals surface area contributed by atoms with Crippen LogP contribution in [0.2, 0.25) is 0 Å². The molecular weight excluding hydrogens is 236 g/mol. The fourth-order valence-electron chi connectivity index (χ4n) is 3.18. The molecule has 0 aromatic heterocycles. The number of hydrogen-bond donors (Lipinski definition) is 1. The van der Waals surface area contributed by atoms with Crippen LogP contribution in [0.25, 0.3) is 0 Å². The van der Waals surface area contributed by atoms with Crippen molar-refractivity contribution in [2.75, 3.05) is 19.6 Å². The molecule has 0 spiro atoms. The van der Waals surface area contributed by atoms with Gasteiger partial charge in [-0.05, 0) is 38.1 Å². The van der Waals surface area contributed by atoms with E-state index in [9.17, 15) is 4.79 Å². The standard InChI is InChI=1S/C16H30N2O/c1-3-17-11-13(2)16(19)18(15-9-10-15)12-14-7-5-4-6-8-14/h13-15,17H,3-12H2,1-2H3. The van der Waals surface area contributed by atoms with Gasteiger partial charge in [-0.3, -0.25) is 4.79 Å². The third-order valence-electron chi connectivity index (χ3n) is 4.57. The molecule has 0 heterocycles. The smallest absolute Gasteiger partial charge is 0.226 e. The van der Waals surface area contributed by atoms with E-state index in [1.54, 1.807) is 0 Å². The fourth-order valence-corrected chi connectivity index (χ4v) is 3.18. The molecule has 1 N–H and O–H groups in total. The highest BCUT2D eigenvalue weighted by Crippen LogP contribution is 2.32.